The van der Waals surface area contributed by atoms with Crippen LogP contribution in [-0.2, 0) is 9.59 Å². The Bertz CT molecular complexity index is 530. The predicted octanol–water partition coefficient (Wildman–Crippen LogP) is 0.778. The number of halogens is 1. The lowest BCUT2D eigenvalue weighted by molar-refractivity contribution is -0.138. The molecule has 2 rings (SSSR count). The van der Waals surface area contributed by atoms with Gasteiger partial charge in [0.05, 0.1) is 5.56 Å². The molecular weight excluding hydrogens is 347 g/mol. The van der Waals surface area contributed by atoms with E-state index in [1.165, 1.54) is 4.90 Å². The zero-order chi connectivity index (χ0) is 13.3. The Balaban J connectivity index is 2.31. The van der Waals surface area contributed by atoms with Crippen LogP contribution in [0.15, 0.2) is 24.3 Å². The molecule has 94 valence electrons. The van der Waals surface area contributed by atoms with Gasteiger partial charge in [-0.2, -0.15) is 0 Å². The summed E-state index contributed by atoms with van der Waals surface area (Å²) in [6.45, 7) is 1.52. The summed E-state index contributed by atoms with van der Waals surface area (Å²) in [5.74, 6) is -1.18. The van der Waals surface area contributed by atoms with Crippen LogP contribution in [0, 0.1) is 3.57 Å². The van der Waals surface area contributed by atoms with Crippen molar-refractivity contribution in [2.24, 2.45) is 0 Å². The smallest absolute Gasteiger partial charge is 0.256 e. The summed E-state index contributed by atoms with van der Waals surface area (Å²) in [6.07, 6.45) is 0. The van der Waals surface area contributed by atoms with Crippen LogP contribution in [-0.4, -0.2) is 35.2 Å². The van der Waals surface area contributed by atoms with E-state index in [-0.39, 0.29) is 12.5 Å². The number of carbonyl (C=O) groups excluding carboxylic acids is 3. The number of benzene rings is 1. The van der Waals surface area contributed by atoms with Crippen molar-refractivity contribution in [2.75, 3.05) is 6.54 Å². The lowest BCUT2D eigenvalue weighted by Gasteiger charge is -2.31. The third-order valence-corrected chi connectivity index (χ3v) is 3.73. The molecule has 5 nitrogen and oxygen atoms in total. The molecule has 1 unspecified atom stereocenters. The number of nitrogens with zero attached hydrogens (tertiary/aromatic N) is 1. The van der Waals surface area contributed by atoms with E-state index in [0.29, 0.717) is 5.56 Å². The normalized spacial score (nSPS) is 19.7. The predicted molar refractivity (Wildman–Crippen MR) is 72.8 cm³/mol. The van der Waals surface area contributed by atoms with E-state index >= 15 is 0 Å². The SMILES string of the molecule is CC1C(=O)NC(=O)CN1C(=O)c1ccccc1I. The minimum atomic E-state index is -0.633. The molecule has 1 saturated heterocycles. The zero-order valence-corrected chi connectivity index (χ0v) is 11.8. The minimum absolute atomic E-state index is 0.0866. The topological polar surface area (TPSA) is 66.5 Å². The van der Waals surface area contributed by atoms with Crippen molar-refractivity contribution in [1.29, 1.82) is 0 Å². The minimum Gasteiger partial charge on any atom is -0.318 e. The van der Waals surface area contributed by atoms with Crippen molar-refractivity contribution >= 4 is 40.3 Å². The fourth-order valence-electron chi connectivity index (χ4n) is 1.75. The van der Waals surface area contributed by atoms with Crippen LogP contribution in [0.25, 0.3) is 0 Å². The molecule has 1 aromatic carbocycles. The van der Waals surface area contributed by atoms with Gasteiger partial charge >= 0.3 is 0 Å². The summed E-state index contributed by atoms with van der Waals surface area (Å²) in [6, 6.07) is 6.45. The fraction of sp³-hybridized carbons (Fsp3) is 0.250. The molecule has 0 aromatic heterocycles. The molecule has 0 spiro atoms. The summed E-state index contributed by atoms with van der Waals surface area (Å²) in [5.41, 5.74) is 0.507. The lowest BCUT2D eigenvalue weighted by Crippen LogP contribution is -2.58. The van der Waals surface area contributed by atoms with E-state index in [1.807, 2.05) is 12.1 Å². The largest absolute Gasteiger partial charge is 0.318 e. The second-order valence-electron chi connectivity index (χ2n) is 4.00. The molecule has 0 saturated carbocycles. The number of carbonyl (C=O) groups is 3. The highest BCUT2D eigenvalue weighted by molar-refractivity contribution is 14.1. The summed E-state index contributed by atoms with van der Waals surface area (Å²) >= 11 is 2.06. The van der Waals surface area contributed by atoms with Crippen molar-refractivity contribution in [3.8, 4) is 0 Å². The number of hydrogen-bond donors (Lipinski definition) is 1. The Morgan fingerprint density at radius 2 is 2.06 bits per heavy atom. The van der Waals surface area contributed by atoms with Crippen molar-refractivity contribution in [1.82, 2.24) is 10.2 Å². The Labute approximate surface area is 118 Å². The summed E-state index contributed by atoms with van der Waals surface area (Å²) in [7, 11) is 0. The summed E-state index contributed by atoms with van der Waals surface area (Å²) in [4.78, 5) is 36.4. The highest BCUT2D eigenvalue weighted by atomic mass is 127. The highest BCUT2D eigenvalue weighted by Crippen LogP contribution is 2.16. The molecule has 3 amide bonds. The van der Waals surface area contributed by atoms with E-state index in [0.717, 1.165) is 3.57 Å². The monoisotopic (exact) mass is 358 g/mol. The van der Waals surface area contributed by atoms with Gasteiger partial charge in [0.25, 0.3) is 5.91 Å². The third kappa shape index (κ3) is 2.38. The number of amides is 3. The maximum absolute atomic E-state index is 12.3. The average Bonchev–Trinajstić information content (AvgIpc) is 2.33. The van der Waals surface area contributed by atoms with Crippen molar-refractivity contribution in [3.05, 3.63) is 33.4 Å². The molecule has 0 bridgehead atoms. The number of hydrogen-bond acceptors (Lipinski definition) is 3. The Morgan fingerprint density at radius 3 is 2.72 bits per heavy atom. The van der Waals surface area contributed by atoms with Crippen LogP contribution < -0.4 is 5.32 Å². The lowest BCUT2D eigenvalue weighted by atomic mass is 10.1. The van der Waals surface area contributed by atoms with Crippen LogP contribution in [0.2, 0.25) is 0 Å². The van der Waals surface area contributed by atoms with Gasteiger partial charge in [0.1, 0.15) is 12.6 Å². The number of piperazine rings is 1. The average molecular weight is 358 g/mol. The maximum atomic E-state index is 12.3. The summed E-state index contributed by atoms with van der Waals surface area (Å²) < 4.78 is 0.797. The van der Waals surface area contributed by atoms with Gasteiger partial charge in [-0.15, -0.1) is 0 Å². The van der Waals surface area contributed by atoms with Gasteiger partial charge in [-0.25, -0.2) is 0 Å². The van der Waals surface area contributed by atoms with Crippen molar-refractivity contribution in [3.63, 3.8) is 0 Å². The van der Waals surface area contributed by atoms with Crippen LogP contribution in [0.1, 0.15) is 17.3 Å². The van der Waals surface area contributed by atoms with E-state index in [2.05, 4.69) is 27.9 Å². The molecule has 1 heterocycles. The third-order valence-electron chi connectivity index (χ3n) is 2.79. The molecule has 0 aliphatic carbocycles. The van der Waals surface area contributed by atoms with Crippen LogP contribution in [0.3, 0.4) is 0 Å². The van der Waals surface area contributed by atoms with Crippen molar-refractivity contribution in [2.45, 2.75) is 13.0 Å². The number of imide groups is 1. The molecule has 1 atom stereocenters. The standard InChI is InChI=1S/C12H11IN2O3/c1-7-11(17)14-10(16)6-15(7)12(18)8-4-2-3-5-9(8)13/h2-5,7H,6H2,1H3,(H,14,16,17). The molecule has 18 heavy (non-hydrogen) atoms. The van der Waals surface area contributed by atoms with Crippen LogP contribution in [0.4, 0.5) is 0 Å². The van der Waals surface area contributed by atoms with Gasteiger partial charge < -0.3 is 4.90 Å². The molecule has 1 aliphatic heterocycles. The van der Waals surface area contributed by atoms with Crippen molar-refractivity contribution < 1.29 is 14.4 Å². The number of rotatable bonds is 1. The molecule has 1 aliphatic rings. The Morgan fingerprint density at radius 1 is 1.39 bits per heavy atom. The molecular formula is C12H11IN2O3. The van der Waals surface area contributed by atoms with E-state index in [4.69, 9.17) is 0 Å². The Hall–Kier alpha value is -1.44. The van der Waals surface area contributed by atoms with Crippen LogP contribution in [0.5, 0.6) is 0 Å². The first kappa shape index (κ1) is 13.0. The number of nitrogens with one attached hydrogen (secondary N) is 1. The van der Waals surface area contributed by atoms with Gasteiger partial charge in [0.2, 0.25) is 11.8 Å². The zero-order valence-electron chi connectivity index (χ0n) is 9.64. The van der Waals surface area contributed by atoms with Gasteiger partial charge in [-0.05, 0) is 41.6 Å². The van der Waals surface area contributed by atoms with E-state index in [9.17, 15) is 14.4 Å². The fourth-order valence-corrected chi connectivity index (χ4v) is 2.37. The second-order valence-corrected chi connectivity index (χ2v) is 5.16. The summed E-state index contributed by atoms with van der Waals surface area (Å²) in [5, 5.41) is 2.21. The quantitative estimate of drug-likeness (QED) is 0.596. The first-order valence-electron chi connectivity index (χ1n) is 5.40. The molecule has 0 radical (unpaired) electrons. The van der Waals surface area contributed by atoms with Gasteiger partial charge in [0.15, 0.2) is 0 Å². The van der Waals surface area contributed by atoms with Gasteiger partial charge in [-0.3, -0.25) is 19.7 Å². The highest BCUT2D eigenvalue weighted by Gasteiger charge is 2.34. The van der Waals surface area contributed by atoms with Crippen LogP contribution >= 0.6 is 22.6 Å². The van der Waals surface area contributed by atoms with E-state index in [1.54, 1.807) is 19.1 Å². The van der Waals surface area contributed by atoms with E-state index < -0.39 is 17.9 Å². The Kier molecular flexibility index (Phi) is 3.65. The molecule has 6 heteroatoms. The second kappa shape index (κ2) is 5.05. The molecule has 1 N–H and O–H groups in total. The van der Waals surface area contributed by atoms with Gasteiger partial charge in [-0.1, -0.05) is 12.1 Å². The van der Waals surface area contributed by atoms with Gasteiger partial charge in [0, 0.05) is 3.57 Å². The maximum Gasteiger partial charge on any atom is 0.256 e. The first-order chi connectivity index (χ1) is 8.50. The first-order valence-corrected chi connectivity index (χ1v) is 6.48. The molecule has 1 aromatic rings. The molecule has 1 fully saturated rings.